The summed E-state index contributed by atoms with van der Waals surface area (Å²) in [5.74, 6) is 2.09. The molecule has 0 N–H and O–H groups in total. The number of nitrogens with zero attached hydrogens (tertiary/aromatic N) is 4. The molecular weight excluding hydrogens is 856 g/mol. The molecule has 0 aliphatic carbocycles. The van der Waals surface area contributed by atoms with Crippen molar-refractivity contribution in [2.45, 2.75) is 107 Å². The summed E-state index contributed by atoms with van der Waals surface area (Å²) < 4.78 is 10.6. The van der Waals surface area contributed by atoms with Gasteiger partial charge in [0.25, 0.3) is 0 Å². The SMILES string of the molecule is Cc1c(C)c(C(C)(C)C)c(-c2cnn(-c3[c-]c(Oc4[c-]c5c(cc4)c4ccccc4n5-c4cc(CCC(C)(C)C)ccn4)ccc3)c2)c(C(C)(C)C)c1C.[Pt+2]. The molecule has 0 spiro atoms. The first-order chi connectivity index (χ1) is 25.4. The maximum Gasteiger partial charge on any atom is 2.00 e. The Hall–Kier alpha value is -4.47. The molecule has 0 aliphatic heterocycles. The molecule has 4 aromatic carbocycles. The van der Waals surface area contributed by atoms with Gasteiger partial charge in [-0.25, -0.2) is 4.98 Å². The number of fused-ring (bicyclic) bond motifs is 3. The molecule has 0 aliphatic rings. The third kappa shape index (κ3) is 7.96. The Morgan fingerprint density at radius 3 is 2.05 bits per heavy atom. The Labute approximate surface area is 342 Å². The predicted molar refractivity (Wildman–Crippen MR) is 225 cm³/mol. The molecule has 7 aromatic rings. The first-order valence-corrected chi connectivity index (χ1v) is 19.2. The Morgan fingerprint density at radius 1 is 0.709 bits per heavy atom. The average Bonchev–Trinajstić information content (AvgIpc) is 3.72. The summed E-state index contributed by atoms with van der Waals surface area (Å²) in [6.45, 7) is 27.6. The van der Waals surface area contributed by atoms with Crippen LogP contribution < -0.4 is 4.74 Å². The number of rotatable bonds is 7. The Morgan fingerprint density at radius 2 is 1.38 bits per heavy atom. The van der Waals surface area contributed by atoms with Crippen LogP contribution in [0.4, 0.5) is 0 Å². The van der Waals surface area contributed by atoms with Crippen LogP contribution in [0.3, 0.4) is 0 Å². The van der Waals surface area contributed by atoms with Crippen molar-refractivity contribution in [1.82, 2.24) is 19.3 Å². The van der Waals surface area contributed by atoms with Crippen LogP contribution in [-0.2, 0) is 38.3 Å². The second kappa shape index (κ2) is 14.9. The maximum atomic E-state index is 6.51. The second-order valence-electron chi connectivity index (χ2n) is 18.2. The van der Waals surface area contributed by atoms with Gasteiger partial charge in [0.2, 0.25) is 0 Å². The normalized spacial score (nSPS) is 12.4. The zero-order chi connectivity index (χ0) is 38.7. The van der Waals surface area contributed by atoms with Crippen molar-refractivity contribution >= 4 is 21.8 Å². The van der Waals surface area contributed by atoms with Crippen molar-refractivity contribution < 1.29 is 25.8 Å². The van der Waals surface area contributed by atoms with Crippen molar-refractivity contribution in [2.75, 3.05) is 0 Å². The molecule has 0 saturated carbocycles. The summed E-state index contributed by atoms with van der Waals surface area (Å²) in [4.78, 5) is 4.85. The van der Waals surface area contributed by atoms with Crippen LogP contribution in [0.1, 0.15) is 102 Å². The van der Waals surface area contributed by atoms with Gasteiger partial charge in [-0.1, -0.05) is 86.0 Å². The van der Waals surface area contributed by atoms with Gasteiger partial charge in [0.15, 0.2) is 0 Å². The summed E-state index contributed by atoms with van der Waals surface area (Å²) in [6, 6.07) is 30.0. The number of ether oxygens (including phenoxy) is 1. The number of pyridine rings is 1. The van der Waals surface area contributed by atoms with E-state index < -0.39 is 0 Å². The molecule has 5 nitrogen and oxygen atoms in total. The maximum absolute atomic E-state index is 6.51. The van der Waals surface area contributed by atoms with Gasteiger partial charge in [-0.2, -0.15) is 17.2 Å². The predicted octanol–water partition coefficient (Wildman–Crippen LogP) is 12.9. The van der Waals surface area contributed by atoms with E-state index in [1.54, 1.807) is 0 Å². The molecule has 0 unspecified atom stereocenters. The summed E-state index contributed by atoms with van der Waals surface area (Å²) in [5, 5.41) is 7.15. The van der Waals surface area contributed by atoms with Crippen LogP contribution in [-0.4, -0.2) is 19.3 Å². The minimum atomic E-state index is -0.0473. The van der Waals surface area contributed by atoms with Gasteiger partial charge in [0.1, 0.15) is 5.82 Å². The second-order valence-corrected chi connectivity index (χ2v) is 18.2. The van der Waals surface area contributed by atoms with Gasteiger partial charge in [-0.3, -0.25) is 4.68 Å². The van der Waals surface area contributed by atoms with E-state index in [1.165, 1.54) is 38.9 Å². The van der Waals surface area contributed by atoms with Crippen molar-refractivity contribution in [2.24, 2.45) is 5.41 Å². The summed E-state index contributed by atoms with van der Waals surface area (Å²) >= 11 is 0. The molecule has 0 saturated heterocycles. The van der Waals surface area contributed by atoms with E-state index in [4.69, 9.17) is 14.8 Å². The molecule has 0 bridgehead atoms. The minimum Gasteiger partial charge on any atom is -0.509 e. The first kappa shape index (κ1) is 40.2. The van der Waals surface area contributed by atoms with E-state index in [9.17, 15) is 0 Å². The van der Waals surface area contributed by atoms with Gasteiger partial charge < -0.3 is 9.30 Å². The van der Waals surface area contributed by atoms with Crippen molar-refractivity contribution in [3.63, 3.8) is 0 Å². The molecule has 0 fully saturated rings. The van der Waals surface area contributed by atoms with Crippen molar-refractivity contribution in [3.05, 3.63) is 131 Å². The number of aromatic nitrogens is 4. The van der Waals surface area contributed by atoms with E-state index in [2.05, 4.69) is 148 Å². The molecule has 286 valence electrons. The van der Waals surface area contributed by atoms with Crippen LogP contribution >= 0.6 is 0 Å². The largest absolute Gasteiger partial charge is 2.00 e. The summed E-state index contributed by atoms with van der Waals surface area (Å²) in [7, 11) is 0. The molecule has 3 aromatic heterocycles. The van der Waals surface area contributed by atoms with Crippen molar-refractivity contribution in [1.29, 1.82) is 0 Å². The monoisotopic (exact) mass is 909 g/mol. The van der Waals surface area contributed by atoms with Gasteiger partial charge in [0.05, 0.1) is 6.20 Å². The molecule has 0 amide bonds. The third-order valence-corrected chi connectivity index (χ3v) is 10.7. The number of aryl methyl sites for hydroxylation is 1. The van der Waals surface area contributed by atoms with E-state index in [1.807, 2.05) is 41.3 Å². The Kier molecular flexibility index (Phi) is 10.9. The topological polar surface area (TPSA) is 44.9 Å². The Balaban J connectivity index is 0.00000514. The van der Waals surface area contributed by atoms with Gasteiger partial charge in [0, 0.05) is 35.0 Å². The zero-order valence-corrected chi connectivity index (χ0v) is 36.8. The summed E-state index contributed by atoms with van der Waals surface area (Å²) in [6.07, 6.45) is 8.16. The van der Waals surface area contributed by atoms with Crippen LogP contribution in [0.15, 0.2) is 85.3 Å². The first-order valence-electron chi connectivity index (χ1n) is 19.2. The van der Waals surface area contributed by atoms with Crippen LogP contribution in [0.2, 0.25) is 0 Å². The van der Waals surface area contributed by atoms with Crippen LogP contribution in [0, 0.1) is 38.3 Å². The molecule has 0 atom stereocenters. The molecule has 55 heavy (non-hydrogen) atoms. The number of hydrogen-bond acceptors (Lipinski definition) is 3. The molecule has 7 rings (SSSR count). The average molecular weight is 910 g/mol. The quantitative estimate of drug-likeness (QED) is 0.150. The van der Waals surface area contributed by atoms with Gasteiger partial charge in [-0.15, -0.1) is 35.7 Å². The molecular formula is C49H54N4OPt. The van der Waals surface area contributed by atoms with Crippen LogP contribution in [0.5, 0.6) is 11.5 Å². The fourth-order valence-electron chi connectivity index (χ4n) is 8.08. The zero-order valence-electron chi connectivity index (χ0n) is 34.5. The van der Waals surface area contributed by atoms with E-state index >= 15 is 0 Å². The fourth-order valence-corrected chi connectivity index (χ4v) is 8.08. The standard InChI is InChI=1S/C49H54N4O.Pt/c1-31-32(2)45(48(7,8)9)44(46(33(31)3)49(10,11)12)35-29-51-52(30-35)36-16-15-17-37(27-36)54-38-20-21-40-39-18-13-14-19-41(39)53(42(40)28-38)43-26-34(23-25-50-43)22-24-47(4,5)6;/h13-21,23,25-26,29-30H,22,24H2,1-12H3;/q-2;+2. The van der Waals surface area contributed by atoms with Gasteiger partial charge in [-0.05, 0) is 118 Å². The van der Waals surface area contributed by atoms with E-state index in [-0.39, 0.29) is 37.3 Å². The molecule has 6 heteroatoms. The van der Waals surface area contributed by atoms with E-state index in [0.29, 0.717) is 11.5 Å². The van der Waals surface area contributed by atoms with E-state index in [0.717, 1.165) is 51.7 Å². The number of hydrogen-bond donors (Lipinski definition) is 0. The minimum absolute atomic E-state index is 0. The van der Waals surface area contributed by atoms with Crippen molar-refractivity contribution in [3.8, 4) is 34.1 Å². The van der Waals surface area contributed by atoms with Gasteiger partial charge >= 0.3 is 21.1 Å². The third-order valence-electron chi connectivity index (χ3n) is 10.7. The Bertz CT molecular complexity index is 2480. The number of benzene rings is 4. The summed E-state index contributed by atoms with van der Waals surface area (Å²) in [5.41, 5.74) is 13.5. The smallest absolute Gasteiger partial charge is 0.509 e. The van der Waals surface area contributed by atoms with Crippen LogP contribution in [0.25, 0.3) is 44.4 Å². The number of para-hydroxylation sites is 1. The molecule has 3 heterocycles. The molecule has 0 radical (unpaired) electrons. The fraction of sp³-hybridized carbons (Fsp3) is 0.347.